The predicted molar refractivity (Wildman–Crippen MR) is 56.2 cm³/mol. The molecule has 0 heterocycles. The largest absolute Gasteiger partial charge is 1.00 e. The van der Waals surface area contributed by atoms with E-state index in [0.717, 1.165) is 5.75 Å². The standard InChI is InChI=1S/C12H12O.K.H/c1-2-13-12-9-5-7-10-6-3-4-8-11(10)12;;/h3-9H,2H2,1H3;;/q;+1;-1. The molecule has 0 aliphatic carbocycles. The predicted octanol–water partition coefficient (Wildman–Crippen LogP) is 0.355. The van der Waals surface area contributed by atoms with Crippen LogP contribution in [0.15, 0.2) is 42.5 Å². The molecule has 0 radical (unpaired) electrons. The van der Waals surface area contributed by atoms with Gasteiger partial charge in [0.15, 0.2) is 0 Å². The van der Waals surface area contributed by atoms with Gasteiger partial charge in [0.25, 0.3) is 0 Å². The maximum Gasteiger partial charge on any atom is 1.00 e. The maximum absolute atomic E-state index is 5.52. The number of hydrogen-bond donors (Lipinski definition) is 0. The van der Waals surface area contributed by atoms with E-state index in [9.17, 15) is 0 Å². The third-order valence-corrected chi connectivity index (χ3v) is 2.05. The molecule has 0 saturated carbocycles. The van der Waals surface area contributed by atoms with E-state index in [0.29, 0.717) is 6.61 Å². The van der Waals surface area contributed by atoms with Crippen LogP contribution in [0, 0.1) is 0 Å². The van der Waals surface area contributed by atoms with Gasteiger partial charge in [0, 0.05) is 5.39 Å². The summed E-state index contributed by atoms with van der Waals surface area (Å²) in [5, 5.41) is 2.42. The van der Waals surface area contributed by atoms with Crippen molar-refractivity contribution in [2.45, 2.75) is 6.92 Å². The first kappa shape index (κ1) is 12.2. The summed E-state index contributed by atoms with van der Waals surface area (Å²) in [6.45, 7) is 2.72. The Balaban J connectivity index is 0.000000980. The Morgan fingerprint density at radius 3 is 2.57 bits per heavy atom. The van der Waals surface area contributed by atoms with Crippen molar-refractivity contribution < 1.29 is 57.5 Å². The van der Waals surface area contributed by atoms with Crippen LogP contribution in [0.5, 0.6) is 5.75 Å². The summed E-state index contributed by atoms with van der Waals surface area (Å²) in [6, 6.07) is 14.4. The van der Waals surface area contributed by atoms with Gasteiger partial charge >= 0.3 is 51.4 Å². The molecule has 1 nitrogen and oxygen atoms in total. The SMILES string of the molecule is CCOc1cccc2ccccc12.[H-].[K+]. The van der Waals surface area contributed by atoms with Crippen molar-refractivity contribution in [3.63, 3.8) is 0 Å². The van der Waals surface area contributed by atoms with E-state index in [2.05, 4.69) is 18.2 Å². The summed E-state index contributed by atoms with van der Waals surface area (Å²) < 4.78 is 5.52. The molecule has 0 N–H and O–H groups in total. The van der Waals surface area contributed by atoms with E-state index < -0.39 is 0 Å². The van der Waals surface area contributed by atoms with Crippen molar-refractivity contribution in [3.05, 3.63) is 42.5 Å². The molecule has 0 amide bonds. The molecule has 2 aromatic rings. The van der Waals surface area contributed by atoms with Crippen LogP contribution in [0.25, 0.3) is 10.8 Å². The average molecular weight is 212 g/mol. The molecule has 68 valence electrons. The van der Waals surface area contributed by atoms with Crippen molar-refractivity contribution in [2.24, 2.45) is 0 Å². The van der Waals surface area contributed by atoms with E-state index in [1.165, 1.54) is 10.8 Å². The Bertz CT molecular complexity index is 412. The van der Waals surface area contributed by atoms with Crippen LogP contribution in [-0.2, 0) is 0 Å². The summed E-state index contributed by atoms with van der Waals surface area (Å²) in [4.78, 5) is 0. The van der Waals surface area contributed by atoms with Gasteiger partial charge in [-0.25, -0.2) is 0 Å². The van der Waals surface area contributed by atoms with Gasteiger partial charge in [-0.15, -0.1) is 0 Å². The summed E-state index contributed by atoms with van der Waals surface area (Å²) in [7, 11) is 0. The van der Waals surface area contributed by atoms with E-state index in [4.69, 9.17) is 4.74 Å². The maximum atomic E-state index is 5.52. The molecule has 2 heteroatoms. The second-order valence-electron chi connectivity index (χ2n) is 2.91. The first-order valence-electron chi connectivity index (χ1n) is 4.52. The van der Waals surface area contributed by atoms with Gasteiger partial charge < -0.3 is 6.16 Å². The topological polar surface area (TPSA) is 9.23 Å². The van der Waals surface area contributed by atoms with Gasteiger partial charge in [0.2, 0.25) is 0 Å². The van der Waals surface area contributed by atoms with Crippen LogP contribution in [-0.4, -0.2) is 6.61 Å². The molecule has 0 atom stereocenters. The van der Waals surface area contributed by atoms with Crippen LogP contribution >= 0.6 is 0 Å². The van der Waals surface area contributed by atoms with Gasteiger partial charge in [-0.05, 0) is 18.4 Å². The fourth-order valence-corrected chi connectivity index (χ4v) is 1.48. The van der Waals surface area contributed by atoms with E-state index in [1.54, 1.807) is 0 Å². The second kappa shape index (κ2) is 5.88. The van der Waals surface area contributed by atoms with E-state index >= 15 is 0 Å². The first-order valence-corrected chi connectivity index (χ1v) is 4.52. The number of ether oxygens (including phenoxy) is 1. The molecule has 0 saturated heterocycles. The third kappa shape index (κ3) is 2.58. The van der Waals surface area contributed by atoms with Crippen LogP contribution in [0.4, 0.5) is 0 Å². The summed E-state index contributed by atoms with van der Waals surface area (Å²) in [5.41, 5.74) is 0. The van der Waals surface area contributed by atoms with E-state index in [-0.39, 0.29) is 52.8 Å². The molecule has 2 rings (SSSR count). The van der Waals surface area contributed by atoms with Crippen molar-refractivity contribution >= 4 is 10.8 Å². The first-order chi connectivity index (χ1) is 6.42. The normalized spacial score (nSPS) is 9.50. The van der Waals surface area contributed by atoms with Crippen molar-refractivity contribution in [1.82, 2.24) is 0 Å². The van der Waals surface area contributed by atoms with Gasteiger partial charge in [-0.2, -0.15) is 0 Å². The van der Waals surface area contributed by atoms with E-state index in [1.807, 2.05) is 31.2 Å². The minimum atomic E-state index is 0. The second-order valence-corrected chi connectivity index (χ2v) is 2.91. The van der Waals surface area contributed by atoms with Gasteiger partial charge in [-0.3, -0.25) is 0 Å². The Morgan fingerprint density at radius 1 is 1.07 bits per heavy atom. The quantitative estimate of drug-likeness (QED) is 0.653. The molecule has 14 heavy (non-hydrogen) atoms. The minimum Gasteiger partial charge on any atom is -1.00 e. The zero-order valence-electron chi connectivity index (χ0n) is 9.66. The van der Waals surface area contributed by atoms with Crippen molar-refractivity contribution in [1.29, 1.82) is 0 Å². The van der Waals surface area contributed by atoms with Crippen molar-refractivity contribution in [3.8, 4) is 5.75 Å². The molecule has 0 bridgehead atoms. The number of benzene rings is 2. The zero-order valence-corrected chi connectivity index (χ0v) is 11.8. The van der Waals surface area contributed by atoms with Crippen LogP contribution < -0.4 is 56.1 Å². The van der Waals surface area contributed by atoms with Crippen LogP contribution in [0.1, 0.15) is 8.35 Å². The third-order valence-electron chi connectivity index (χ3n) is 2.05. The zero-order chi connectivity index (χ0) is 9.10. The molecule has 2 aromatic carbocycles. The number of hydrogen-bond acceptors (Lipinski definition) is 1. The monoisotopic (exact) mass is 212 g/mol. The Morgan fingerprint density at radius 2 is 1.79 bits per heavy atom. The molecule has 0 fully saturated rings. The average Bonchev–Trinajstić information content (AvgIpc) is 2.19. The minimum absolute atomic E-state index is 0. The fraction of sp³-hybridized carbons (Fsp3) is 0.167. The molecule has 0 spiro atoms. The molecular weight excluding hydrogens is 199 g/mol. The van der Waals surface area contributed by atoms with Gasteiger partial charge in [0.05, 0.1) is 6.61 Å². The Kier molecular flexibility index (Phi) is 5.13. The molecule has 0 aliphatic heterocycles. The van der Waals surface area contributed by atoms with Crippen LogP contribution in [0.2, 0.25) is 0 Å². The summed E-state index contributed by atoms with van der Waals surface area (Å²) in [6.07, 6.45) is 0. The van der Waals surface area contributed by atoms with Gasteiger partial charge in [0.1, 0.15) is 5.75 Å². The van der Waals surface area contributed by atoms with Gasteiger partial charge in [-0.1, -0.05) is 36.4 Å². The molecular formula is C12H13KO. The number of rotatable bonds is 2. The Hall–Kier alpha value is 0.136. The molecule has 0 aliphatic rings. The summed E-state index contributed by atoms with van der Waals surface area (Å²) in [5.74, 6) is 0.973. The number of fused-ring (bicyclic) bond motifs is 1. The summed E-state index contributed by atoms with van der Waals surface area (Å²) >= 11 is 0. The van der Waals surface area contributed by atoms with Crippen LogP contribution in [0.3, 0.4) is 0 Å². The smallest absolute Gasteiger partial charge is 1.00 e. The molecule has 0 unspecified atom stereocenters. The van der Waals surface area contributed by atoms with Crippen molar-refractivity contribution in [2.75, 3.05) is 6.61 Å². The Labute approximate surface area is 128 Å². The molecule has 0 aromatic heterocycles. The fourth-order valence-electron chi connectivity index (χ4n) is 1.48.